The molecule has 0 amide bonds. The topological polar surface area (TPSA) is 29.3 Å². The molecule has 264 valence electrons. The van der Waals surface area contributed by atoms with E-state index >= 15 is 0 Å². The lowest BCUT2D eigenvalue weighted by molar-refractivity contribution is 0.623. The normalized spacial score (nSPS) is 11.2. The smallest absolute Gasteiger partial charge is 0.227 e. The van der Waals surface area contributed by atoms with Crippen molar-refractivity contribution >= 4 is 38.9 Å². The third-order valence-corrected chi connectivity index (χ3v) is 10.6. The van der Waals surface area contributed by atoms with Gasteiger partial charge in [-0.3, -0.25) is 0 Å². The maximum atomic E-state index is 6.35. The van der Waals surface area contributed by atoms with Gasteiger partial charge in [0.2, 0.25) is 5.89 Å². The monoisotopic (exact) mass is 716 g/mol. The number of rotatable bonds is 8. The molecule has 9 aromatic carbocycles. The molecular formula is C53H36N2O. The van der Waals surface area contributed by atoms with Gasteiger partial charge in [-0.25, -0.2) is 4.98 Å². The van der Waals surface area contributed by atoms with Crippen molar-refractivity contribution < 1.29 is 4.42 Å². The van der Waals surface area contributed by atoms with Gasteiger partial charge in [0.25, 0.3) is 0 Å². The minimum atomic E-state index is 0.638. The van der Waals surface area contributed by atoms with Crippen LogP contribution in [0.2, 0.25) is 0 Å². The van der Waals surface area contributed by atoms with Crippen LogP contribution < -0.4 is 4.90 Å². The standard InChI is InChI=1S/C53H36N2O/c1-4-11-37(12-5-1)40-23-29-45(30-24-40)55(46-31-25-41(26-32-46)38-13-6-2-7-14-38)47-33-27-42(28-34-47)39-19-21-43(22-20-39)48-17-10-18-50-49(48)35-36-51-52(50)56-53(54-51)44-15-8-3-9-16-44/h1-36H. The quantitative estimate of drug-likeness (QED) is 0.157. The predicted molar refractivity (Wildman–Crippen MR) is 233 cm³/mol. The van der Waals surface area contributed by atoms with Crippen LogP contribution in [0.4, 0.5) is 17.1 Å². The molecule has 10 rings (SSSR count). The lowest BCUT2D eigenvalue weighted by Gasteiger charge is -2.26. The average molecular weight is 717 g/mol. The molecule has 1 heterocycles. The van der Waals surface area contributed by atoms with Crippen molar-refractivity contribution in [3.63, 3.8) is 0 Å². The Balaban J connectivity index is 0.956. The Hall–Kier alpha value is -7.49. The van der Waals surface area contributed by atoms with Crippen LogP contribution in [0.25, 0.3) is 77.8 Å². The molecule has 0 aliphatic carbocycles. The number of hydrogen-bond acceptors (Lipinski definition) is 3. The van der Waals surface area contributed by atoms with Gasteiger partial charge in [0.1, 0.15) is 5.52 Å². The number of aromatic nitrogens is 1. The summed E-state index contributed by atoms with van der Waals surface area (Å²) in [5, 5.41) is 2.20. The molecule has 0 radical (unpaired) electrons. The minimum absolute atomic E-state index is 0.638. The Labute approximate surface area is 326 Å². The summed E-state index contributed by atoms with van der Waals surface area (Å²) in [6, 6.07) is 77.1. The molecule has 10 aromatic rings. The van der Waals surface area contributed by atoms with Gasteiger partial charge in [-0.2, -0.15) is 0 Å². The number of nitrogens with zero attached hydrogens (tertiary/aromatic N) is 2. The van der Waals surface area contributed by atoms with Crippen LogP contribution in [0.15, 0.2) is 223 Å². The van der Waals surface area contributed by atoms with E-state index in [1.165, 1.54) is 22.3 Å². The molecule has 0 atom stereocenters. The van der Waals surface area contributed by atoms with Gasteiger partial charge in [-0.15, -0.1) is 0 Å². The summed E-state index contributed by atoms with van der Waals surface area (Å²) in [5.41, 5.74) is 15.4. The molecule has 3 nitrogen and oxygen atoms in total. The predicted octanol–water partition coefficient (Wildman–Crippen LogP) is 14.8. The molecule has 3 heteroatoms. The van der Waals surface area contributed by atoms with Crippen LogP contribution in [0.3, 0.4) is 0 Å². The van der Waals surface area contributed by atoms with Crippen molar-refractivity contribution in [1.29, 1.82) is 0 Å². The number of hydrogen-bond donors (Lipinski definition) is 0. The lowest BCUT2D eigenvalue weighted by Crippen LogP contribution is -2.09. The second-order valence-electron chi connectivity index (χ2n) is 14.0. The van der Waals surface area contributed by atoms with Crippen molar-refractivity contribution in [1.82, 2.24) is 4.98 Å². The molecule has 0 bridgehead atoms. The van der Waals surface area contributed by atoms with Crippen LogP contribution in [0.5, 0.6) is 0 Å². The summed E-state index contributed by atoms with van der Waals surface area (Å²) in [6.45, 7) is 0. The average Bonchev–Trinajstić information content (AvgIpc) is 3.74. The summed E-state index contributed by atoms with van der Waals surface area (Å²) < 4.78 is 6.35. The van der Waals surface area contributed by atoms with Gasteiger partial charge in [0, 0.05) is 28.0 Å². The third kappa shape index (κ3) is 6.31. The van der Waals surface area contributed by atoms with E-state index in [1.54, 1.807) is 0 Å². The lowest BCUT2D eigenvalue weighted by atomic mass is 9.96. The molecule has 0 saturated heterocycles. The zero-order valence-electron chi connectivity index (χ0n) is 30.6. The summed E-state index contributed by atoms with van der Waals surface area (Å²) in [6.07, 6.45) is 0. The van der Waals surface area contributed by atoms with Crippen LogP contribution in [-0.4, -0.2) is 4.98 Å². The van der Waals surface area contributed by atoms with Crippen molar-refractivity contribution in [2.75, 3.05) is 4.90 Å². The molecule has 0 aliphatic heterocycles. The van der Waals surface area contributed by atoms with Crippen molar-refractivity contribution in [2.24, 2.45) is 0 Å². The first kappa shape index (κ1) is 33.1. The molecule has 0 saturated carbocycles. The molecule has 0 unspecified atom stereocenters. The number of oxazole rings is 1. The van der Waals surface area contributed by atoms with E-state index < -0.39 is 0 Å². The Morgan fingerprint density at radius 2 is 0.714 bits per heavy atom. The van der Waals surface area contributed by atoms with Gasteiger partial charge in [-0.05, 0) is 104 Å². The van der Waals surface area contributed by atoms with Crippen molar-refractivity contribution in [3.05, 3.63) is 218 Å². The largest absolute Gasteiger partial charge is 0.435 e. The van der Waals surface area contributed by atoms with Gasteiger partial charge >= 0.3 is 0 Å². The number of anilines is 3. The Kier molecular flexibility index (Phi) is 8.51. The van der Waals surface area contributed by atoms with E-state index in [4.69, 9.17) is 9.40 Å². The highest BCUT2D eigenvalue weighted by atomic mass is 16.3. The number of fused-ring (bicyclic) bond motifs is 3. The highest BCUT2D eigenvalue weighted by Crippen LogP contribution is 2.39. The van der Waals surface area contributed by atoms with E-state index in [9.17, 15) is 0 Å². The van der Waals surface area contributed by atoms with Crippen LogP contribution >= 0.6 is 0 Å². The van der Waals surface area contributed by atoms with E-state index in [2.05, 4.69) is 193 Å². The molecule has 56 heavy (non-hydrogen) atoms. The maximum absolute atomic E-state index is 6.35. The second-order valence-corrected chi connectivity index (χ2v) is 14.0. The van der Waals surface area contributed by atoms with E-state index in [0.717, 1.165) is 66.8 Å². The second kappa shape index (κ2) is 14.4. The van der Waals surface area contributed by atoms with E-state index in [1.807, 2.05) is 30.3 Å². The van der Waals surface area contributed by atoms with Crippen molar-refractivity contribution in [2.45, 2.75) is 0 Å². The first-order valence-electron chi connectivity index (χ1n) is 18.9. The first-order valence-corrected chi connectivity index (χ1v) is 18.9. The Morgan fingerprint density at radius 3 is 1.20 bits per heavy atom. The molecule has 0 spiro atoms. The van der Waals surface area contributed by atoms with Gasteiger partial charge in [0.05, 0.1) is 0 Å². The fourth-order valence-electron chi connectivity index (χ4n) is 7.66. The maximum Gasteiger partial charge on any atom is 0.227 e. The Bertz CT molecular complexity index is 2820. The van der Waals surface area contributed by atoms with Crippen LogP contribution in [0, 0.1) is 0 Å². The molecule has 0 aliphatic rings. The van der Waals surface area contributed by atoms with E-state index in [0.29, 0.717) is 5.89 Å². The molecule has 0 N–H and O–H groups in total. The van der Waals surface area contributed by atoms with Gasteiger partial charge < -0.3 is 9.32 Å². The summed E-state index contributed by atoms with van der Waals surface area (Å²) in [7, 11) is 0. The molecular weight excluding hydrogens is 681 g/mol. The summed E-state index contributed by atoms with van der Waals surface area (Å²) in [5.74, 6) is 0.638. The fourth-order valence-corrected chi connectivity index (χ4v) is 7.66. The highest BCUT2D eigenvalue weighted by Gasteiger charge is 2.16. The number of benzene rings is 9. The van der Waals surface area contributed by atoms with E-state index in [-0.39, 0.29) is 0 Å². The molecule has 1 aromatic heterocycles. The third-order valence-electron chi connectivity index (χ3n) is 10.6. The van der Waals surface area contributed by atoms with Crippen molar-refractivity contribution in [3.8, 4) is 56.0 Å². The summed E-state index contributed by atoms with van der Waals surface area (Å²) >= 11 is 0. The van der Waals surface area contributed by atoms with Crippen LogP contribution in [0.1, 0.15) is 0 Å². The zero-order chi connectivity index (χ0) is 37.3. The first-order chi connectivity index (χ1) is 27.7. The summed E-state index contributed by atoms with van der Waals surface area (Å²) in [4.78, 5) is 7.12. The van der Waals surface area contributed by atoms with Gasteiger partial charge in [0.15, 0.2) is 5.58 Å². The SMILES string of the molecule is c1ccc(-c2ccc(N(c3ccc(-c4ccccc4)cc3)c3ccc(-c4ccc(-c5cccc6c5ccc5nc(-c7ccccc7)oc56)cc4)cc3)cc2)cc1. The molecule has 0 fully saturated rings. The minimum Gasteiger partial charge on any atom is -0.435 e. The van der Waals surface area contributed by atoms with Gasteiger partial charge in [-0.1, -0.05) is 164 Å². The fraction of sp³-hybridized carbons (Fsp3) is 0. The Morgan fingerprint density at radius 1 is 0.304 bits per heavy atom. The zero-order valence-corrected chi connectivity index (χ0v) is 30.6. The highest BCUT2D eigenvalue weighted by molar-refractivity contribution is 6.09. The van der Waals surface area contributed by atoms with Crippen LogP contribution in [-0.2, 0) is 0 Å².